The molecule has 0 N–H and O–H groups in total. The molecule has 4 heteroatoms. The minimum atomic E-state index is -0.387. The molecule has 1 saturated heterocycles. The fourth-order valence-corrected chi connectivity index (χ4v) is 2.96. The number of ether oxygens (including phenoxy) is 2. The number of rotatable bonds is 3. The first kappa shape index (κ1) is 13.6. The van der Waals surface area contributed by atoms with Crippen LogP contribution in [0.25, 0.3) is 0 Å². The van der Waals surface area contributed by atoms with E-state index in [1.807, 2.05) is 18.2 Å². The van der Waals surface area contributed by atoms with Crippen molar-refractivity contribution in [2.24, 2.45) is 0 Å². The topological polar surface area (TPSA) is 35.5 Å². The molecule has 0 amide bonds. The fourth-order valence-electron chi connectivity index (χ4n) is 2.35. The number of carbonyl (C=O) groups is 1. The lowest BCUT2D eigenvalue weighted by Crippen LogP contribution is -2.17. The maximum absolute atomic E-state index is 11.7. The summed E-state index contributed by atoms with van der Waals surface area (Å²) in [5.74, 6) is 0.217. The molecule has 1 fully saturated rings. The molecule has 0 radical (unpaired) electrons. The van der Waals surface area contributed by atoms with Crippen LogP contribution < -0.4 is 0 Å². The van der Waals surface area contributed by atoms with Gasteiger partial charge in [0.1, 0.15) is 4.83 Å². The Balaban J connectivity index is 2.27. The van der Waals surface area contributed by atoms with E-state index < -0.39 is 0 Å². The summed E-state index contributed by atoms with van der Waals surface area (Å²) in [5.41, 5.74) is 2.24. The molecule has 0 aromatic heterocycles. The van der Waals surface area contributed by atoms with Gasteiger partial charge in [-0.3, -0.25) is 4.79 Å². The van der Waals surface area contributed by atoms with E-state index >= 15 is 0 Å². The molecule has 1 heterocycles. The maximum Gasteiger partial charge on any atom is 0.324 e. The first-order chi connectivity index (χ1) is 8.74. The Morgan fingerprint density at radius 2 is 2.06 bits per heavy atom. The lowest BCUT2D eigenvalue weighted by atomic mass is 9.87. The van der Waals surface area contributed by atoms with Gasteiger partial charge in [-0.25, -0.2) is 0 Å². The van der Waals surface area contributed by atoms with Crippen LogP contribution in [0.4, 0.5) is 0 Å². The van der Waals surface area contributed by atoms with Crippen LogP contribution in [0.3, 0.4) is 0 Å². The molecule has 3 nitrogen and oxygen atoms in total. The van der Waals surface area contributed by atoms with Crippen molar-refractivity contribution in [3.05, 3.63) is 35.4 Å². The van der Waals surface area contributed by atoms with Crippen LogP contribution in [0.2, 0.25) is 0 Å². The fraction of sp³-hybridized carbons (Fsp3) is 0.500. The second-order valence-electron chi connectivity index (χ2n) is 4.40. The highest BCUT2D eigenvalue weighted by atomic mass is 79.9. The highest BCUT2D eigenvalue weighted by molar-refractivity contribution is 9.09. The Kier molecular flexibility index (Phi) is 4.78. The summed E-state index contributed by atoms with van der Waals surface area (Å²) in [4.78, 5) is 11.3. The molecule has 0 aliphatic carbocycles. The van der Waals surface area contributed by atoms with Crippen LogP contribution in [-0.4, -0.2) is 26.3 Å². The number of hydrogen-bond acceptors (Lipinski definition) is 3. The van der Waals surface area contributed by atoms with Gasteiger partial charge in [0.25, 0.3) is 0 Å². The van der Waals surface area contributed by atoms with Crippen molar-refractivity contribution in [3.8, 4) is 0 Å². The number of esters is 1. The molecule has 2 rings (SSSR count). The average Bonchev–Trinajstić information content (AvgIpc) is 2.46. The summed E-state index contributed by atoms with van der Waals surface area (Å²) >= 11 is 3.42. The van der Waals surface area contributed by atoms with E-state index in [2.05, 4.69) is 22.0 Å². The van der Waals surface area contributed by atoms with Crippen LogP contribution in [0.1, 0.15) is 34.7 Å². The van der Waals surface area contributed by atoms with Crippen molar-refractivity contribution in [1.82, 2.24) is 0 Å². The number of alkyl halides is 1. The van der Waals surface area contributed by atoms with E-state index in [9.17, 15) is 4.79 Å². The third-order valence-corrected chi connectivity index (χ3v) is 4.21. The molecule has 1 atom stereocenters. The summed E-state index contributed by atoms with van der Waals surface area (Å²) in [5, 5.41) is 0. The monoisotopic (exact) mass is 312 g/mol. The van der Waals surface area contributed by atoms with Gasteiger partial charge in [-0.2, -0.15) is 0 Å². The molecule has 1 aliphatic heterocycles. The van der Waals surface area contributed by atoms with Gasteiger partial charge in [-0.1, -0.05) is 40.2 Å². The smallest absolute Gasteiger partial charge is 0.324 e. The van der Waals surface area contributed by atoms with Crippen molar-refractivity contribution in [2.75, 3.05) is 20.3 Å². The largest absolute Gasteiger partial charge is 0.468 e. The minimum absolute atomic E-state index is 0.255. The van der Waals surface area contributed by atoms with Crippen LogP contribution in [0, 0.1) is 0 Å². The third-order valence-electron chi connectivity index (χ3n) is 3.34. The number of benzene rings is 1. The average molecular weight is 313 g/mol. The van der Waals surface area contributed by atoms with Crippen LogP contribution in [0.15, 0.2) is 24.3 Å². The van der Waals surface area contributed by atoms with Gasteiger partial charge in [-0.15, -0.1) is 0 Å². The Labute approximate surface area is 116 Å². The quantitative estimate of drug-likeness (QED) is 0.635. The predicted molar refractivity (Wildman–Crippen MR) is 72.9 cm³/mol. The van der Waals surface area contributed by atoms with Gasteiger partial charge in [0.15, 0.2) is 0 Å². The van der Waals surface area contributed by atoms with Gasteiger partial charge in [0, 0.05) is 13.2 Å². The van der Waals surface area contributed by atoms with Crippen molar-refractivity contribution in [3.63, 3.8) is 0 Å². The first-order valence-electron chi connectivity index (χ1n) is 6.12. The molecule has 0 spiro atoms. The van der Waals surface area contributed by atoms with Crippen molar-refractivity contribution >= 4 is 21.9 Å². The Morgan fingerprint density at radius 3 is 2.72 bits per heavy atom. The summed E-state index contributed by atoms with van der Waals surface area (Å²) in [7, 11) is 1.41. The van der Waals surface area contributed by atoms with E-state index in [0.717, 1.165) is 31.6 Å². The Hall–Kier alpha value is -0.870. The Morgan fingerprint density at radius 1 is 1.39 bits per heavy atom. The van der Waals surface area contributed by atoms with Gasteiger partial charge in [-0.05, 0) is 29.9 Å². The highest BCUT2D eigenvalue weighted by Gasteiger charge is 2.25. The third kappa shape index (κ3) is 2.93. The zero-order valence-corrected chi connectivity index (χ0v) is 12.0. The number of hydrogen-bond donors (Lipinski definition) is 0. The van der Waals surface area contributed by atoms with Gasteiger partial charge >= 0.3 is 5.97 Å². The maximum atomic E-state index is 11.7. The molecule has 0 bridgehead atoms. The SMILES string of the molecule is COC(=O)C(Br)c1ccccc1C1CCOCC1. The molecule has 1 aliphatic rings. The summed E-state index contributed by atoms with van der Waals surface area (Å²) in [6.07, 6.45) is 2.02. The zero-order chi connectivity index (χ0) is 13.0. The Bertz CT molecular complexity index is 413. The van der Waals surface area contributed by atoms with E-state index in [0.29, 0.717) is 5.92 Å². The first-order valence-corrected chi connectivity index (χ1v) is 7.04. The number of methoxy groups -OCH3 is 1. The second-order valence-corrected chi connectivity index (χ2v) is 5.32. The molecule has 98 valence electrons. The van der Waals surface area contributed by atoms with Gasteiger partial charge in [0.2, 0.25) is 0 Å². The second kappa shape index (κ2) is 6.34. The lowest BCUT2D eigenvalue weighted by Gasteiger charge is -2.25. The molecular weight excluding hydrogens is 296 g/mol. The minimum Gasteiger partial charge on any atom is -0.468 e. The highest BCUT2D eigenvalue weighted by Crippen LogP contribution is 2.35. The standard InChI is InChI=1S/C14H17BrO3/c1-17-14(16)13(15)12-5-3-2-4-11(12)10-6-8-18-9-7-10/h2-5,10,13H,6-9H2,1H3. The number of halogens is 1. The van der Waals surface area contributed by atoms with Crippen LogP contribution >= 0.6 is 15.9 Å². The molecule has 1 aromatic carbocycles. The summed E-state index contributed by atoms with van der Waals surface area (Å²) < 4.78 is 10.2. The van der Waals surface area contributed by atoms with Gasteiger partial charge < -0.3 is 9.47 Å². The molecule has 0 saturated carbocycles. The molecule has 1 unspecified atom stereocenters. The summed E-state index contributed by atoms with van der Waals surface area (Å²) in [6, 6.07) is 8.06. The van der Waals surface area contributed by atoms with Crippen molar-refractivity contribution in [1.29, 1.82) is 0 Å². The molecular formula is C14H17BrO3. The van der Waals surface area contributed by atoms with E-state index in [1.54, 1.807) is 0 Å². The number of carbonyl (C=O) groups excluding carboxylic acids is 1. The predicted octanol–water partition coefficient (Wildman–Crippen LogP) is 3.19. The molecule has 1 aromatic rings. The van der Waals surface area contributed by atoms with Crippen LogP contribution in [-0.2, 0) is 14.3 Å². The normalized spacial score (nSPS) is 18.3. The van der Waals surface area contributed by atoms with Crippen molar-refractivity contribution in [2.45, 2.75) is 23.6 Å². The van der Waals surface area contributed by atoms with Crippen molar-refractivity contribution < 1.29 is 14.3 Å². The van der Waals surface area contributed by atoms with E-state index in [4.69, 9.17) is 9.47 Å². The lowest BCUT2D eigenvalue weighted by molar-refractivity contribution is -0.139. The van der Waals surface area contributed by atoms with E-state index in [-0.39, 0.29) is 10.8 Å². The van der Waals surface area contributed by atoms with Crippen LogP contribution in [0.5, 0.6) is 0 Å². The zero-order valence-electron chi connectivity index (χ0n) is 10.4. The van der Waals surface area contributed by atoms with Gasteiger partial charge in [0.05, 0.1) is 7.11 Å². The summed E-state index contributed by atoms with van der Waals surface area (Å²) in [6.45, 7) is 1.59. The van der Waals surface area contributed by atoms with E-state index in [1.165, 1.54) is 12.7 Å². The molecule has 18 heavy (non-hydrogen) atoms.